The van der Waals surface area contributed by atoms with Crippen LogP contribution in [-0.4, -0.2) is 30.3 Å². The number of aryl methyl sites for hydroxylation is 2. The number of carbonyl (C=O) groups excluding carboxylic acids is 2. The van der Waals surface area contributed by atoms with E-state index in [1.807, 2.05) is 32.0 Å². The number of nitrogens with zero attached hydrogens (tertiary/aromatic N) is 1. The maximum Gasteiger partial charge on any atom is 0.229 e. The monoisotopic (exact) mass is 294 g/mol. The molecule has 1 N–H and O–H groups in total. The lowest BCUT2D eigenvalue weighted by Crippen LogP contribution is -2.37. The second-order valence-corrected chi connectivity index (χ2v) is 5.56. The fraction of sp³-hybridized carbons (Fsp3) is 0.467. The number of halogens is 1. The molecule has 0 spiro atoms. The average molecular weight is 295 g/mol. The van der Waals surface area contributed by atoms with Gasteiger partial charge in [-0.15, -0.1) is 11.6 Å². The van der Waals surface area contributed by atoms with Crippen LogP contribution >= 0.6 is 11.6 Å². The van der Waals surface area contributed by atoms with E-state index in [1.165, 1.54) is 5.56 Å². The standard InChI is InChI=1S/C15H19ClN2O2/c1-10-3-4-13(7-11(10)2)18-9-12(8-15(18)20)17-14(19)5-6-16/h3-4,7,12H,5-6,8-9H2,1-2H3,(H,17,19). The summed E-state index contributed by atoms with van der Waals surface area (Å²) < 4.78 is 0. The van der Waals surface area contributed by atoms with E-state index in [1.54, 1.807) is 4.90 Å². The van der Waals surface area contributed by atoms with Gasteiger partial charge in [0.15, 0.2) is 0 Å². The summed E-state index contributed by atoms with van der Waals surface area (Å²) in [5.74, 6) is 0.247. The zero-order valence-corrected chi connectivity index (χ0v) is 12.5. The summed E-state index contributed by atoms with van der Waals surface area (Å²) in [6.45, 7) is 4.59. The first kappa shape index (κ1) is 14.9. The highest BCUT2D eigenvalue weighted by molar-refractivity contribution is 6.18. The normalized spacial score (nSPS) is 18.4. The molecule has 1 saturated heterocycles. The van der Waals surface area contributed by atoms with E-state index >= 15 is 0 Å². The van der Waals surface area contributed by atoms with Crippen LogP contribution in [0.2, 0.25) is 0 Å². The smallest absolute Gasteiger partial charge is 0.229 e. The second-order valence-electron chi connectivity index (χ2n) is 5.18. The summed E-state index contributed by atoms with van der Waals surface area (Å²) in [6, 6.07) is 5.84. The quantitative estimate of drug-likeness (QED) is 0.865. The second kappa shape index (κ2) is 6.27. The highest BCUT2D eigenvalue weighted by Gasteiger charge is 2.31. The fourth-order valence-corrected chi connectivity index (χ4v) is 2.50. The van der Waals surface area contributed by atoms with E-state index in [9.17, 15) is 9.59 Å². The number of amides is 2. The first-order valence-electron chi connectivity index (χ1n) is 6.74. The van der Waals surface area contributed by atoms with E-state index in [4.69, 9.17) is 11.6 Å². The van der Waals surface area contributed by atoms with Crippen LogP contribution in [0, 0.1) is 13.8 Å². The molecule has 108 valence electrons. The number of benzene rings is 1. The lowest BCUT2D eigenvalue weighted by Gasteiger charge is -2.18. The molecule has 1 aliphatic heterocycles. The molecule has 0 bridgehead atoms. The summed E-state index contributed by atoms with van der Waals surface area (Å²) in [6.07, 6.45) is 0.636. The van der Waals surface area contributed by atoms with E-state index in [2.05, 4.69) is 5.32 Å². The van der Waals surface area contributed by atoms with Crippen LogP contribution in [0.1, 0.15) is 24.0 Å². The topological polar surface area (TPSA) is 49.4 Å². The van der Waals surface area contributed by atoms with Crippen molar-refractivity contribution in [1.82, 2.24) is 5.32 Å². The lowest BCUT2D eigenvalue weighted by molar-refractivity contribution is -0.121. The number of alkyl halides is 1. The Bertz CT molecular complexity index is 531. The Morgan fingerprint density at radius 1 is 1.40 bits per heavy atom. The molecule has 1 aliphatic rings. The minimum atomic E-state index is -0.125. The van der Waals surface area contributed by atoms with Crippen LogP contribution in [-0.2, 0) is 9.59 Å². The first-order chi connectivity index (χ1) is 9.51. The Balaban J connectivity index is 2.05. The van der Waals surface area contributed by atoms with Gasteiger partial charge in [0, 0.05) is 31.0 Å². The summed E-state index contributed by atoms with van der Waals surface area (Å²) >= 11 is 5.53. The molecule has 1 heterocycles. The van der Waals surface area contributed by atoms with Crippen LogP contribution in [0.25, 0.3) is 0 Å². The van der Waals surface area contributed by atoms with Crippen molar-refractivity contribution >= 4 is 29.1 Å². The van der Waals surface area contributed by atoms with Crippen molar-refractivity contribution in [2.75, 3.05) is 17.3 Å². The number of nitrogens with one attached hydrogen (secondary N) is 1. The Hall–Kier alpha value is -1.55. The zero-order chi connectivity index (χ0) is 14.7. The summed E-state index contributed by atoms with van der Waals surface area (Å²) in [4.78, 5) is 25.3. The number of anilines is 1. The van der Waals surface area contributed by atoms with Gasteiger partial charge in [-0.05, 0) is 37.1 Å². The molecule has 1 fully saturated rings. The molecular formula is C15H19ClN2O2. The molecule has 1 atom stereocenters. The Labute approximate surface area is 124 Å². The van der Waals surface area contributed by atoms with Crippen molar-refractivity contribution < 1.29 is 9.59 Å². The first-order valence-corrected chi connectivity index (χ1v) is 7.27. The molecule has 0 aromatic heterocycles. The highest BCUT2D eigenvalue weighted by Crippen LogP contribution is 2.24. The SMILES string of the molecule is Cc1ccc(N2CC(NC(=O)CCCl)CC2=O)cc1C. The summed E-state index contributed by atoms with van der Waals surface area (Å²) in [5.41, 5.74) is 3.25. The van der Waals surface area contributed by atoms with Gasteiger partial charge in [-0.3, -0.25) is 9.59 Å². The van der Waals surface area contributed by atoms with Gasteiger partial charge in [0.25, 0.3) is 0 Å². The van der Waals surface area contributed by atoms with E-state index in [-0.39, 0.29) is 24.3 Å². The van der Waals surface area contributed by atoms with Gasteiger partial charge < -0.3 is 10.2 Å². The molecule has 1 aromatic carbocycles. The maximum atomic E-state index is 12.1. The molecule has 4 nitrogen and oxygen atoms in total. The summed E-state index contributed by atoms with van der Waals surface area (Å²) in [7, 11) is 0. The van der Waals surface area contributed by atoms with Crippen LogP contribution < -0.4 is 10.2 Å². The molecule has 20 heavy (non-hydrogen) atoms. The van der Waals surface area contributed by atoms with Crippen LogP contribution in [0.4, 0.5) is 5.69 Å². The van der Waals surface area contributed by atoms with Gasteiger partial charge in [-0.2, -0.15) is 0 Å². The van der Waals surface area contributed by atoms with Crippen molar-refractivity contribution in [3.8, 4) is 0 Å². The van der Waals surface area contributed by atoms with Gasteiger partial charge in [0.05, 0.1) is 6.04 Å². The lowest BCUT2D eigenvalue weighted by atomic mass is 10.1. The molecule has 5 heteroatoms. The molecule has 0 saturated carbocycles. The molecule has 0 radical (unpaired) electrons. The van der Waals surface area contributed by atoms with Gasteiger partial charge in [-0.25, -0.2) is 0 Å². The fourth-order valence-electron chi connectivity index (χ4n) is 2.33. The largest absolute Gasteiger partial charge is 0.351 e. The third kappa shape index (κ3) is 3.31. The van der Waals surface area contributed by atoms with Crippen molar-refractivity contribution in [3.63, 3.8) is 0 Å². The van der Waals surface area contributed by atoms with E-state index < -0.39 is 0 Å². The molecule has 1 unspecified atom stereocenters. The molecule has 1 aromatic rings. The van der Waals surface area contributed by atoms with Crippen molar-refractivity contribution in [2.24, 2.45) is 0 Å². The van der Waals surface area contributed by atoms with Gasteiger partial charge in [-0.1, -0.05) is 6.07 Å². The third-order valence-electron chi connectivity index (χ3n) is 3.61. The van der Waals surface area contributed by atoms with Gasteiger partial charge in [0.2, 0.25) is 11.8 Å². The predicted molar refractivity (Wildman–Crippen MR) is 80.2 cm³/mol. The molecule has 2 rings (SSSR count). The Morgan fingerprint density at radius 3 is 2.80 bits per heavy atom. The number of hydrogen-bond donors (Lipinski definition) is 1. The highest BCUT2D eigenvalue weighted by atomic mass is 35.5. The zero-order valence-electron chi connectivity index (χ0n) is 11.8. The van der Waals surface area contributed by atoms with Crippen molar-refractivity contribution in [1.29, 1.82) is 0 Å². The van der Waals surface area contributed by atoms with Crippen LogP contribution in [0.3, 0.4) is 0 Å². The predicted octanol–water partition coefficient (Wildman–Crippen LogP) is 2.15. The Kier molecular flexibility index (Phi) is 4.65. The molecule has 2 amide bonds. The van der Waals surface area contributed by atoms with E-state index in [0.29, 0.717) is 18.8 Å². The molecular weight excluding hydrogens is 276 g/mol. The van der Waals surface area contributed by atoms with Crippen LogP contribution in [0.15, 0.2) is 18.2 Å². The number of carbonyl (C=O) groups is 2. The average Bonchev–Trinajstić information content (AvgIpc) is 2.74. The van der Waals surface area contributed by atoms with Crippen molar-refractivity contribution in [3.05, 3.63) is 29.3 Å². The molecule has 0 aliphatic carbocycles. The van der Waals surface area contributed by atoms with E-state index in [0.717, 1.165) is 11.3 Å². The maximum absolute atomic E-state index is 12.1. The number of rotatable bonds is 4. The third-order valence-corrected chi connectivity index (χ3v) is 3.80. The Morgan fingerprint density at radius 2 is 2.15 bits per heavy atom. The summed E-state index contributed by atoms with van der Waals surface area (Å²) in [5, 5.41) is 2.85. The van der Waals surface area contributed by atoms with Crippen LogP contribution in [0.5, 0.6) is 0 Å². The minimum Gasteiger partial charge on any atom is -0.351 e. The minimum absolute atomic E-state index is 0.0458. The van der Waals surface area contributed by atoms with Gasteiger partial charge in [0.1, 0.15) is 0 Å². The number of hydrogen-bond acceptors (Lipinski definition) is 2. The van der Waals surface area contributed by atoms with Crippen molar-refractivity contribution in [2.45, 2.75) is 32.7 Å². The van der Waals surface area contributed by atoms with Gasteiger partial charge >= 0.3 is 0 Å².